The van der Waals surface area contributed by atoms with Crippen LogP contribution >= 0.6 is 0 Å². The normalized spacial score (nSPS) is 35.6. The zero-order chi connectivity index (χ0) is 14.9. The third-order valence-electron chi connectivity index (χ3n) is 5.29. The number of allylic oxidation sites excluding steroid dienone is 2. The number of ketones is 1. The van der Waals surface area contributed by atoms with Gasteiger partial charge in [-0.15, -0.1) is 0 Å². The molecule has 0 aromatic heterocycles. The average molecular weight is 278 g/mol. The van der Waals surface area contributed by atoms with Gasteiger partial charge in [0.15, 0.2) is 5.78 Å². The molecule has 0 aromatic carbocycles. The second kappa shape index (κ2) is 6.32. The molecule has 0 unspecified atom stereocenters. The Morgan fingerprint density at radius 3 is 2.50 bits per heavy atom. The van der Waals surface area contributed by atoms with Gasteiger partial charge in [-0.2, -0.15) is 0 Å². The third-order valence-corrected chi connectivity index (χ3v) is 5.29. The van der Waals surface area contributed by atoms with E-state index in [4.69, 9.17) is 4.74 Å². The highest BCUT2D eigenvalue weighted by atomic mass is 16.5. The van der Waals surface area contributed by atoms with Crippen molar-refractivity contribution in [2.24, 2.45) is 23.7 Å². The van der Waals surface area contributed by atoms with E-state index in [1.54, 1.807) is 0 Å². The molecule has 2 nitrogen and oxygen atoms in total. The van der Waals surface area contributed by atoms with Crippen LogP contribution in [0.5, 0.6) is 0 Å². The number of rotatable bonds is 3. The van der Waals surface area contributed by atoms with Crippen LogP contribution in [0, 0.1) is 23.7 Å². The summed E-state index contributed by atoms with van der Waals surface area (Å²) in [4.78, 5) is 12.1. The maximum atomic E-state index is 12.1. The zero-order valence-electron chi connectivity index (χ0n) is 13.7. The van der Waals surface area contributed by atoms with Gasteiger partial charge in [-0.1, -0.05) is 34.1 Å². The highest BCUT2D eigenvalue weighted by molar-refractivity contribution is 5.97. The van der Waals surface area contributed by atoms with E-state index < -0.39 is 0 Å². The van der Waals surface area contributed by atoms with E-state index in [2.05, 4.69) is 20.8 Å². The minimum absolute atomic E-state index is 0.175. The molecule has 0 N–H and O–H groups in total. The quantitative estimate of drug-likeness (QED) is 0.745. The summed E-state index contributed by atoms with van der Waals surface area (Å²) in [7, 11) is 0. The van der Waals surface area contributed by atoms with Gasteiger partial charge in [0, 0.05) is 17.9 Å². The Kier molecular flexibility index (Phi) is 4.93. The molecule has 2 aliphatic rings. The Labute approximate surface area is 124 Å². The van der Waals surface area contributed by atoms with Gasteiger partial charge >= 0.3 is 0 Å². The molecule has 0 amide bonds. The summed E-state index contributed by atoms with van der Waals surface area (Å²) in [6.07, 6.45) is 5.92. The van der Waals surface area contributed by atoms with Crippen LogP contribution in [-0.2, 0) is 9.53 Å². The van der Waals surface area contributed by atoms with E-state index in [1.165, 1.54) is 12.8 Å². The Bertz CT molecular complexity index is 394. The molecule has 0 aromatic rings. The Balaban J connectivity index is 2.12. The summed E-state index contributed by atoms with van der Waals surface area (Å²) in [6.45, 7) is 10.9. The smallest absolute Gasteiger partial charge is 0.164 e. The summed E-state index contributed by atoms with van der Waals surface area (Å²) in [5.41, 5.74) is 0.879. The monoisotopic (exact) mass is 278 g/mol. The van der Waals surface area contributed by atoms with Crippen molar-refractivity contribution >= 4 is 5.78 Å². The summed E-state index contributed by atoms with van der Waals surface area (Å²) in [5, 5.41) is 0. The fourth-order valence-corrected chi connectivity index (χ4v) is 3.75. The second-order valence-electron chi connectivity index (χ2n) is 7.33. The molecule has 1 saturated carbocycles. The second-order valence-corrected chi connectivity index (χ2v) is 7.33. The van der Waals surface area contributed by atoms with E-state index in [-0.39, 0.29) is 11.7 Å². The maximum absolute atomic E-state index is 12.1. The summed E-state index contributed by atoms with van der Waals surface area (Å²) in [6, 6.07) is 0. The Morgan fingerprint density at radius 1 is 1.15 bits per heavy atom. The fraction of sp³-hybridized carbons (Fsp3) is 0.833. The van der Waals surface area contributed by atoms with Crippen molar-refractivity contribution in [1.82, 2.24) is 0 Å². The summed E-state index contributed by atoms with van der Waals surface area (Å²) in [5.74, 6) is 3.49. The van der Waals surface area contributed by atoms with Crippen LogP contribution < -0.4 is 0 Å². The van der Waals surface area contributed by atoms with Crippen molar-refractivity contribution in [3.8, 4) is 0 Å². The highest BCUT2D eigenvalue weighted by Gasteiger charge is 2.34. The molecule has 0 heterocycles. The molecule has 114 valence electrons. The van der Waals surface area contributed by atoms with Gasteiger partial charge in [-0.3, -0.25) is 4.79 Å². The maximum Gasteiger partial charge on any atom is 0.164 e. The molecule has 1 fully saturated rings. The van der Waals surface area contributed by atoms with Gasteiger partial charge < -0.3 is 4.74 Å². The third kappa shape index (κ3) is 3.27. The summed E-state index contributed by atoms with van der Waals surface area (Å²) < 4.78 is 6.37. The van der Waals surface area contributed by atoms with Crippen molar-refractivity contribution in [3.63, 3.8) is 0 Å². The lowest BCUT2D eigenvalue weighted by atomic mass is 9.75. The van der Waals surface area contributed by atoms with Crippen LogP contribution in [0.2, 0.25) is 0 Å². The molecule has 0 aliphatic heterocycles. The van der Waals surface area contributed by atoms with E-state index >= 15 is 0 Å². The van der Waals surface area contributed by atoms with E-state index in [9.17, 15) is 4.79 Å². The van der Waals surface area contributed by atoms with E-state index in [1.807, 2.05) is 13.8 Å². The molecule has 0 spiro atoms. The lowest BCUT2D eigenvalue weighted by Crippen LogP contribution is -2.35. The minimum atomic E-state index is 0.175. The number of ether oxygens (including phenoxy) is 1. The molecule has 4 atom stereocenters. The molecular weight excluding hydrogens is 248 g/mol. The number of carbonyl (C=O) groups excluding carboxylic acids is 1. The van der Waals surface area contributed by atoms with E-state index in [0.717, 1.165) is 36.5 Å². The lowest BCUT2D eigenvalue weighted by Gasteiger charge is -2.38. The van der Waals surface area contributed by atoms with Crippen LogP contribution in [0.25, 0.3) is 0 Å². The summed E-state index contributed by atoms with van der Waals surface area (Å²) >= 11 is 0. The molecule has 0 saturated heterocycles. The van der Waals surface area contributed by atoms with Crippen LogP contribution in [0.15, 0.2) is 11.3 Å². The molecule has 0 bridgehead atoms. The molecule has 2 heteroatoms. The van der Waals surface area contributed by atoms with Crippen LogP contribution in [0.1, 0.15) is 66.7 Å². The molecule has 20 heavy (non-hydrogen) atoms. The van der Waals surface area contributed by atoms with Gasteiger partial charge in [0.25, 0.3) is 0 Å². The lowest BCUT2D eigenvalue weighted by molar-refractivity contribution is -0.120. The highest BCUT2D eigenvalue weighted by Crippen LogP contribution is 2.38. The minimum Gasteiger partial charge on any atom is -0.494 e. The molecule has 2 rings (SSSR count). The topological polar surface area (TPSA) is 26.3 Å². The van der Waals surface area contributed by atoms with Crippen molar-refractivity contribution in [2.75, 3.05) is 0 Å². The molecular formula is C18H30O2. The largest absolute Gasteiger partial charge is 0.494 e. The SMILES string of the molecule is CC1=C(O[C@@H]2C[C@H](C)CC[C@H]2C(C)C)CC[C@@H](C)C1=O. The first-order valence-corrected chi connectivity index (χ1v) is 8.30. The Hall–Kier alpha value is -0.790. The van der Waals surface area contributed by atoms with Crippen molar-refractivity contribution in [3.05, 3.63) is 11.3 Å². The Morgan fingerprint density at radius 2 is 1.85 bits per heavy atom. The number of hydrogen-bond donors (Lipinski definition) is 0. The predicted octanol–water partition coefficient (Wildman–Crippen LogP) is 4.74. The van der Waals surface area contributed by atoms with E-state index in [0.29, 0.717) is 17.9 Å². The predicted molar refractivity (Wildman–Crippen MR) is 82.3 cm³/mol. The zero-order valence-corrected chi connectivity index (χ0v) is 13.7. The molecule has 0 radical (unpaired) electrons. The number of hydrogen-bond acceptors (Lipinski definition) is 2. The van der Waals surface area contributed by atoms with Crippen molar-refractivity contribution in [2.45, 2.75) is 72.8 Å². The standard InChI is InChI=1S/C18H30O2/c1-11(2)15-8-6-12(3)10-17(15)20-16-9-7-13(4)18(19)14(16)5/h11-13,15,17H,6-10H2,1-5H3/t12-,13-,15+,17-/m1/s1. The van der Waals surface area contributed by atoms with Gasteiger partial charge in [0.1, 0.15) is 11.9 Å². The van der Waals surface area contributed by atoms with Gasteiger partial charge in [0.05, 0.1) is 0 Å². The number of Topliss-reactive ketones (excluding diaryl/α,β-unsaturated/α-hetero) is 1. The first kappa shape index (κ1) is 15.6. The number of carbonyl (C=O) groups is 1. The average Bonchev–Trinajstić information content (AvgIpc) is 2.39. The van der Waals surface area contributed by atoms with Crippen molar-refractivity contribution in [1.29, 1.82) is 0 Å². The van der Waals surface area contributed by atoms with Gasteiger partial charge in [-0.25, -0.2) is 0 Å². The van der Waals surface area contributed by atoms with Crippen LogP contribution in [0.3, 0.4) is 0 Å². The van der Waals surface area contributed by atoms with Crippen LogP contribution in [-0.4, -0.2) is 11.9 Å². The fourth-order valence-electron chi connectivity index (χ4n) is 3.75. The first-order valence-electron chi connectivity index (χ1n) is 8.30. The molecule has 2 aliphatic carbocycles. The van der Waals surface area contributed by atoms with Gasteiger partial charge in [0.2, 0.25) is 0 Å². The first-order chi connectivity index (χ1) is 9.40. The van der Waals surface area contributed by atoms with Crippen molar-refractivity contribution < 1.29 is 9.53 Å². The van der Waals surface area contributed by atoms with Crippen LogP contribution in [0.4, 0.5) is 0 Å². The van der Waals surface area contributed by atoms with Gasteiger partial charge in [-0.05, 0) is 43.9 Å².